The first kappa shape index (κ1) is 18.6. The minimum atomic E-state index is -0.733. The molecule has 0 bridgehead atoms. The number of hydrogen-bond acceptors (Lipinski definition) is 6. The number of alkyl halides is 1. The molecule has 1 aromatic heterocycles. The van der Waals surface area contributed by atoms with Crippen molar-refractivity contribution in [3.8, 4) is 0 Å². The Balaban J connectivity index is 1.09. The summed E-state index contributed by atoms with van der Waals surface area (Å²) >= 11 is 0. The average Bonchev–Trinajstić information content (AvgIpc) is 3.38. The zero-order chi connectivity index (χ0) is 18.9. The third-order valence-electron chi connectivity index (χ3n) is 7.14. The molecule has 6 nitrogen and oxygen atoms in total. The van der Waals surface area contributed by atoms with Crippen LogP contribution in [0.4, 0.5) is 16.0 Å². The van der Waals surface area contributed by atoms with Crippen molar-refractivity contribution in [2.24, 2.45) is 17.8 Å². The molecule has 2 unspecified atom stereocenters. The number of likely N-dealkylation sites (tertiary alicyclic amines) is 1. The number of rotatable bonds is 5. The van der Waals surface area contributed by atoms with Crippen molar-refractivity contribution in [2.45, 2.75) is 44.3 Å². The second-order valence-electron chi connectivity index (χ2n) is 9.22. The molecule has 0 amide bonds. The van der Waals surface area contributed by atoms with Gasteiger partial charge in [0, 0.05) is 45.4 Å². The van der Waals surface area contributed by atoms with Gasteiger partial charge < -0.3 is 19.9 Å². The fraction of sp³-hybridized carbons (Fsp3) is 0.810. The lowest BCUT2D eigenvalue weighted by atomic mass is 10.00. The quantitative estimate of drug-likeness (QED) is 0.835. The number of halogens is 1. The molecule has 0 spiro atoms. The fourth-order valence-corrected chi connectivity index (χ4v) is 5.66. The Morgan fingerprint density at radius 2 is 1.82 bits per heavy atom. The lowest BCUT2D eigenvalue weighted by Crippen LogP contribution is -2.32. The predicted molar refractivity (Wildman–Crippen MR) is 107 cm³/mol. The number of nitrogens with one attached hydrogen (secondary N) is 1. The Labute approximate surface area is 166 Å². The smallest absolute Gasteiger partial charge is 0.151 e. The van der Waals surface area contributed by atoms with Crippen LogP contribution in [0.15, 0.2) is 12.1 Å². The van der Waals surface area contributed by atoms with Crippen LogP contribution in [0.5, 0.6) is 0 Å². The summed E-state index contributed by atoms with van der Waals surface area (Å²) < 4.78 is 18.9. The maximum atomic E-state index is 13.4. The van der Waals surface area contributed by atoms with E-state index in [2.05, 4.69) is 20.4 Å². The Bertz CT molecular complexity index is 639. The van der Waals surface area contributed by atoms with Crippen LogP contribution in [0.3, 0.4) is 0 Å². The highest BCUT2D eigenvalue weighted by Crippen LogP contribution is 2.39. The molecule has 3 atom stereocenters. The van der Waals surface area contributed by atoms with Crippen molar-refractivity contribution in [3.05, 3.63) is 12.1 Å². The van der Waals surface area contributed by atoms with Crippen LogP contribution in [0, 0.1) is 17.8 Å². The molecule has 3 aliphatic heterocycles. The Morgan fingerprint density at radius 3 is 2.46 bits per heavy atom. The molecule has 4 fully saturated rings. The molecule has 5 rings (SSSR count). The highest BCUT2D eigenvalue weighted by molar-refractivity contribution is 5.45. The zero-order valence-electron chi connectivity index (χ0n) is 16.6. The normalized spacial score (nSPS) is 34.1. The minimum absolute atomic E-state index is 0.442. The molecule has 4 aliphatic rings. The second kappa shape index (κ2) is 8.11. The van der Waals surface area contributed by atoms with Gasteiger partial charge in [-0.2, -0.15) is 0 Å². The summed E-state index contributed by atoms with van der Waals surface area (Å²) in [4.78, 5) is 4.68. The summed E-state index contributed by atoms with van der Waals surface area (Å²) in [5.41, 5.74) is 0. The van der Waals surface area contributed by atoms with E-state index >= 15 is 0 Å². The van der Waals surface area contributed by atoms with Gasteiger partial charge in [0.25, 0.3) is 0 Å². The Hall–Kier alpha value is -1.47. The van der Waals surface area contributed by atoms with E-state index < -0.39 is 6.17 Å². The second-order valence-corrected chi connectivity index (χ2v) is 9.22. The monoisotopic (exact) mass is 389 g/mol. The molecule has 1 N–H and O–H groups in total. The summed E-state index contributed by atoms with van der Waals surface area (Å²) in [6, 6.07) is 4.47. The van der Waals surface area contributed by atoms with Gasteiger partial charge in [-0.25, -0.2) is 4.39 Å². The van der Waals surface area contributed by atoms with E-state index in [0.717, 1.165) is 49.1 Å². The van der Waals surface area contributed by atoms with Crippen molar-refractivity contribution in [1.29, 1.82) is 0 Å². The first-order chi connectivity index (χ1) is 13.7. The maximum absolute atomic E-state index is 13.4. The van der Waals surface area contributed by atoms with Crippen LogP contribution in [0.25, 0.3) is 0 Å². The van der Waals surface area contributed by atoms with E-state index in [1.807, 2.05) is 17.0 Å². The number of anilines is 2. The third-order valence-corrected chi connectivity index (χ3v) is 7.14. The standard InChI is InChI=1S/C21H32FN5O/c22-18-3-6-27(14-18)21-2-1-20(24-25-21)23-19-9-16-12-26(13-17(16)10-19)11-15-4-7-28-8-5-15/h1-2,15-19H,3-14H2,(H,23,24)/t16?,17?,18-,19?/m1/s1. The lowest BCUT2D eigenvalue weighted by Gasteiger charge is -2.27. The number of aromatic nitrogens is 2. The molecule has 154 valence electrons. The van der Waals surface area contributed by atoms with E-state index in [0.29, 0.717) is 19.0 Å². The molecule has 7 heteroatoms. The first-order valence-corrected chi connectivity index (χ1v) is 11.0. The molecule has 28 heavy (non-hydrogen) atoms. The molecule has 1 aliphatic carbocycles. The molecule has 0 radical (unpaired) electrons. The minimum Gasteiger partial charge on any atom is -0.381 e. The summed E-state index contributed by atoms with van der Waals surface area (Å²) in [6.07, 6.45) is 4.78. The molecular weight excluding hydrogens is 357 g/mol. The number of ether oxygens (including phenoxy) is 1. The summed E-state index contributed by atoms with van der Waals surface area (Å²) in [6.45, 7) is 6.84. The molecule has 1 saturated carbocycles. The van der Waals surface area contributed by atoms with Crippen LogP contribution in [-0.2, 0) is 4.74 Å². The molecular formula is C21H32FN5O. The molecule has 1 aromatic rings. The van der Waals surface area contributed by atoms with Crippen molar-refractivity contribution >= 4 is 11.6 Å². The van der Waals surface area contributed by atoms with Crippen molar-refractivity contribution < 1.29 is 9.13 Å². The van der Waals surface area contributed by atoms with Gasteiger partial charge in [-0.05, 0) is 62.0 Å². The van der Waals surface area contributed by atoms with E-state index in [9.17, 15) is 4.39 Å². The van der Waals surface area contributed by atoms with Gasteiger partial charge in [0.15, 0.2) is 5.82 Å². The highest BCUT2D eigenvalue weighted by atomic mass is 19.1. The van der Waals surface area contributed by atoms with Gasteiger partial charge in [-0.1, -0.05) is 0 Å². The number of hydrogen-bond donors (Lipinski definition) is 1. The largest absolute Gasteiger partial charge is 0.381 e. The van der Waals surface area contributed by atoms with Crippen molar-refractivity contribution in [3.63, 3.8) is 0 Å². The zero-order valence-corrected chi connectivity index (χ0v) is 16.6. The SMILES string of the molecule is F[C@@H]1CCN(c2ccc(NC3CC4CN(CC5CCOCC5)CC4C3)nn2)C1. The van der Waals surface area contributed by atoms with Crippen LogP contribution in [-0.4, -0.2) is 73.2 Å². The third kappa shape index (κ3) is 4.10. The lowest BCUT2D eigenvalue weighted by molar-refractivity contribution is 0.0545. The van der Waals surface area contributed by atoms with Gasteiger partial charge in [0.2, 0.25) is 0 Å². The van der Waals surface area contributed by atoms with Crippen LogP contribution >= 0.6 is 0 Å². The maximum Gasteiger partial charge on any atom is 0.151 e. The van der Waals surface area contributed by atoms with E-state index in [4.69, 9.17) is 4.74 Å². The van der Waals surface area contributed by atoms with Gasteiger partial charge in [-0.3, -0.25) is 0 Å². The Morgan fingerprint density at radius 1 is 1.04 bits per heavy atom. The number of fused-ring (bicyclic) bond motifs is 1. The Kier molecular flexibility index (Phi) is 5.37. The van der Waals surface area contributed by atoms with Crippen molar-refractivity contribution in [2.75, 3.05) is 56.2 Å². The predicted octanol–water partition coefficient (Wildman–Crippen LogP) is 2.57. The van der Waals surface area contributed by atoms with Gasteiger partial charge in [0.1, 0.15) is 12.0 Å². The van der Waals surface area contributed by atoms with Gasteiger partial charge in [-0.15, -0.1) is 10.2 Å². The van der Waals surface area contributed by atoms with Crippen LogP contribution in [0.2, 0.25) is 0 Å². The molecule has 4 heterocycles. The summed E-state index contributed by atoms with van der Waals surface area (Å²) in [5.74, 6) is 4.10. The first-order valence-electron chi connectivity index (χ1n) is 11.0. The van der Waals surface area contributed by atoms with E-state index in [-0.39, 0.29) is 0 Å². The van der Waals surface area contributed by atoms with Crippen molar-refractivity contribution in [1.82, 2.24) is 15.1 Å². The fourth-order valence-electron chi connectivity index (χ4n) is 5.66. The topological polar surface area (TPSA) is 53.5 Å². The highest BCUT2D eigenvalue weighted by Gasteiger charge is 2.41. The summed E-state index contributed by atoms with van der Waals surface area (Å²) in [7, 11) is 0. The van der Waals surface area contributed by atoms with Crippen LogP contribution in [0.1, 0.15) is 32.1 Å². The summed E-state index contributed by atoms with van der Waals surface area (Å²) in [5, 5.41) is 12.3. The van der Waals surface area contributed by atoms with Gasteiger partial charge in [0.05, 0.1) is 6.54 Å². The average molecular weight is 390 g/mol. The molecule has 3 saturated heterocycles. The number of nitrogens with zero attached hydrogens (tertiary/aromatic N) is 4. The van der Waals surface area contributed by atoms with E-state index in [1.165, 1.54) is 45.3 Å². The molecule has 0 aromatic carbocycles. The van der Waals surface area contributed by atoms with Gasteiger partial charge >= 0.3 is 0 Å². The van der Waals surface area contributed by atoms with E-state index in [1.54, 1.807) is 0 Å². The van der Waals surface area contributed by atoms with Crippen LogP contribution < -0.4 is 10.2 Å².